The summed E-state index contributed by atoms with van der Waals surface area (Å²) in [6.07, 6.45) is 0. The number of hydrogen-bond acceptors (Lipinski definition) is 3. The first-order valence-corrected chi connectivity index (χ1v) is 24.1. The summed E-state index contributed by atoms with van der Waals surface area (Å²) in [4.78, 5) is 7.90. The first kappa shape index (κ1) is 35.4. The van der Waals surface area contributed by atoms with E-state index in [1.807, 2.05) is 23.5 Å². The second-order valence-corrected chi connectivity index (χ2v) is 21.4. The van der Waals surface area contributed by atoms with Crippen molar-refractivity contribution in [2.24, 2.45) is 0 Å². The van der Waals surface area contributed by atoms with Gasteiger partial charge in [-0.15, -0.1) is 0 Å². The highest BCUT2D eigenvalue weighted by Gasteiger charge is 2.51. The van der Waals surface area contributed by atoms with Gasteiger partial charge in [-0.2, -0.15) is 0 Å². The second kappa shape index (κ2) is 14.3. The van der Waals surface area contributed by atoms with Crippen LogP contribution in [-0.2, 0) is 0 Å². The molecule has 0 unspecified atom stereocenters. The Labute approximate surface area is 360 Å². The minimum absolute atomic E-state index is 1.13. The highest BCUT2D eigenvalue weighted by Crippen LogP contribution is 2.47. The largest absolute Gasteiger partial charge is 0.309 e. The van der Waals surface area contributed by atoms with E-state index in [0.717, 1.165) is 11.4 Å². The molecule has 0 N–H and O–H groups in total. The van der Waals surface area contributed by atoms with Gasteiger partial charge in [-0.1, -0.05) is 199 Å². The number of rotatable bonds is 5. The Morgan fingerprint density at radius 2 is 0.717 bits per heavy atom. The fourth-order valence-electron chi connectivity index (χ4n) is 9.76. The van der Waals surface area contributed by atoms with Crippen molar-refractivity contribution < 1.29 is 0 Å². The van der Waals surface area contributed by atoms with Crippen LogP contribution in [0, 0.1) is 0 Å². The van der Waals surface area contributed by atoms with Crippen LogP contribution in [0.3, 0.4) is 0 Å². The van der Waals surface area contributed by atoms with Crippen molar-refractivity contribution in [3.63, 3.8) is 0 Å². The van der Waals surface area contributed by atoms with Crippen LogP contribution < -0.4 is 25.6 Å². The maximum atomic E-state index is 2.50. The molecule has 0 saturated carbocycles. The molecule has 10 aromatic carbocycles. The van der Waals surface area contributed by atoms with Gasteiger partial charge >= 0.3 is 0 Å². The van der Waals surface area contributed by atoms with E-state index in [0.29, 0.717) is 0 Å². The molecule has 1 nitrogen and oxygen atoms in total. The van der Waals surface area contributed by atoms with Crippen molar-refractivity contribution >= 4 is 91.0 Å². The van der Waals surface area contributed by atoms with Gasteiger partial charge in [-0.25, -0.2) is 0 Å². The molecule has 0 bridgehead atoms. The van der Waals surface area contributed by atoms with E-state index in [4.69, 9.17) is 0 Å². The molecule has 1 spiro atoms. The third kappa shape index (κ3) is 5.49. The summed E-state index contributed by atoms with van der Waals surface area (Å²) >= 11 is 3.85. The summed E-state index contributed by atoms with van der Waals surface area (Å²) in [7, 11) is -2.76. The number of hydrogen-bond donors (Lipinski definition) is 0. The van der Waals surface area contributed by atoms with Gasteiger partial charge in [0.15, 0.2) is 8.07 Å². The molecule has 0 amide bonds. The topological polar surface area (TPSA) is 3.24 Å². The first-order valence-electron chi connectivity index (χ1n) is 20.5. The normalized spacial score (nSPS) is 13.3. The Morgan fingerprint density at radius 1 is 0.317 bits per heavy atom. The lowest BCUT2D eigenvalue weighted by molar-refractivity contribution is 1.23. The fraction of sp³-hybridized carbons (Fsp3) is 0. The van der Waals surface area contributed by atoms with Crippen LogP contribution >= 0.6 is 23.5 Å². The Balaban J connectivity index is 1.08. The van der Waals surface area contributed by atoms with Crippen LogP contribution in [-0.4, -0.2) is 8.07 Å². The molecule has 0 radical (unpaired) electrons. The first-order chi connectivity index (χ1) is 29.8. The molecule has 60 heavy (non-hydrogen) atoms. The van der Waals surface area contributed by atoms with Crippen LogP contribution in [0.5, 0.6) is 0 Å². The van der Waals surface area contributed by atoms with Gasteiger partial charge in [-0.3, -0.25) is 0 Å². The molecule has 10 aromatic rings. The number of anilines is 3. The molecule has 2 aliphatic heterocycles. The Kier molecular flexibility index (Phi) is 8.44. The number of nitrogens with zero attached hydrogens (tertiary/aromatic N) is 1. The minimum atomic E-state index is -2.76. The van der Waals surface area contributed by atoms with Crippen LogP contribution in [0.2, 0.25) is 0 Å². The molecule has 0 fully saturated rings. The van der Waals surface area contributed by atoms with Gasteiger partial charge in [-0.05, 0) is 113 Å². The van der Waals surface area contributed by atoms with Gasteiger partial charge in [0.1, 0.15) is 0 Å². The second-order valence-electron chi connectivity index (χ2n) is 15.6. The van der Waals surface area contributed by atoms with Gasteiger partial charge < -0.3 is 4.90 Å². The average Bonchev–Trinajstić information content (AvgIpc) is 3.32. The average molecular weight is 816 g/mol. The zero-order chi connectivity index (χ0) is 39.6. The predicted octanol–water partition coefficient (Wildman–Crippen LogP) is 13.1. The third-order valence-electron chi connectivity index (χ3n) is 12.4. The highest BCUT2D eigenvalue weighted by molar-refractivity contribution is 8.01. The molecule has 4 heteroatoms. The monoisotopic (exact) mass is 815 g/mol. The lowest BCUT2D eigenvalue weighted by Gasteiger charge is -2.44. The molecule has 282 valence electrons. The van der Waals surface area contributed by atoms with Crippen LogP contribution in [0.1, 0.15) is 0 Å². The quantitative estimate of drug-likeness (QED) is 0.159. The summed E-state index contributed by atoms with van der Waals surface area (Å²) in [6, 6.07) is 83.8. The van der Waals surface area contributed by atoms with Gasteiger partial charge in [0.05, 0.1) is 5.69 Å². The minimum Gasteiger partial charge on any atom is -0.309 e. The third-order valence-corrected chi connectivity index (χ3v) is 20.4. The lowest BCUT2D eigenvalue weighted by atomic mass is 9.97. The molecule has 12 rings (SSSR count). The Morgan fingerprint density at radius 3 is 1.23 bits per heavy atom. The molecule has 2 aliphatic rings. The summed E-state index contributed by atoms with van der Waals surface area (Å²) < 4.78 is 0. The predicted molar refractivity (Wildman–Crippen MR) is 259 cm³/mol. The maximum Gasteiger partial charge on any atom is 0.184 e. The maximum absolute atomic E-state index is 2.76. The molecule has 0 aliphatic carbocycles. The smallest absolute Gasteiger partial charge is 0.184 e. The standard InChI is InChI=1S/C56H37NS2Si/c1-3-18-44-38(14-1)16-11-20-46(44)40-30-34-42(35-31-40)57(43-36-32-41(33-37-43)47-21-12-17-39-15-2-4-19-45(39)47)48-22-13-29-55-56(48)59-51-25-7-10-28-54(51)60(55)52-26-8-5-23-49(52)58-50-24-6-9-27-53(50)60/h1-37H. The van der Waals surface area contributed by atoms with Crippen LogP contribution in [0.15, 0.2) is 244 Å². The summed E-state index contributed by atoms with van der Waals surface area (Å²) in [5.74, 6) is 0. The van der Waals surface area contributed by atoms with E-state index in [1.165, 1.54) is 89.8 Å². The molecular weight excluding hydrogens is 779 g/mol. The van der Waals surface area contributed by atoms with Gasteiger partial charge in [0.2, 0.25) is 0 Å². The summed E-state index contributed by atoms with van der Waals surface area (Å²) in [5.41, 5.74) is 8.36. The number of benzene rings is 10. The van der Waals surface area contributed by atoms with Gasteiger partial charge in [0.25, 0.3) is 0 Å². The van der Waals surface area contributed by atoms with Gasteiger partial charge in [0, 0.05) is 31.0 Å². The van der Waals surface area contributed by atoms with Crippen molar-refractivity contribution in [1.29, 1.82) is 0 Å². The molecule has 0 atom stereocenters. The lowest BCUT2D eigenvalue weighted by Crippen LogP contribution is -2.78. The Hall–Kier alpha value is -6.56. The molecule has 0 aromatic heterocycles. The van der Waals surface area contributed by atoms with Crippen molar-refractivity contribution in [3.05, 3.63) is 224 Å². The van der Waals surface area contributed by atoms with E-state index < -0.39 is 8.07 Å². The Bertz CT molecular complexity index is 3090. The molecule has 0 saturated heterocycles. The highest BCUT2D eigenvalue weighted by atomic mass is 32.2. The summed E-state index contributed by atoms with van der Waals surface area (Å²) in [5, 5.41) is 10.9. The van der Waals surface area contributed by atoms with Crippen molar-refractivity contribution in [2.45, 2.75) is 19.6 Å². The zero-order valence-corrected chi connectivity index (χ0v) is 35.3. The van der Waals surface area contributed by atoms with Crippen LogP contribution in [0.25, 0.3) is 43.8 Å². The zero-order valence-electron chi connectivity index (χ0n) is 32.6. The van der Waals surface area contributed by atoms with Crippen molar-refractivity contribution in [2.75, 3.05) is 4.90 Å². The molecule has 2 heterocycles. The number of fused-ring (bicyclic) bond motifs is 10. The van der Waals surface area contributed by atoms with E-state index >= 15 is 0 Å². The molecular formula is C56H37NS2Si. The van der Waals surface area contributed by atoms with E-state index in [2.05, 4.69) is 229 Å². The van der Waals surface area contributed by atoms with E-state index in [9.17, 15) is 0 Å². The fourth-order valence-corrected chi connectivity index (χ4v) is 19.0. The van der Waals surface area contributed by atoms with Crippen molar-refractivity contribution in [1.82, 2.24) is 0 Å². The van der Waals surface area contributed by atoms with Crippen molar-refractivity contribution in [3.8, 4) is 22.3 Å². The van der Waals surface area contributed by atoms with Crippen LogP contribution in [0.4, 0.5) is 17.1 Å². The SMILES string of the molecule is c1ccc2c(c1)Sc1ccccc1[Si]21c2ccccc2Sc2c(N(c3ccc(-c4cccc5ccccc45)cc3)c3ccc(-c4cccc5ccccc45)cc3)cccc21. The summed E-state index contributed by atoms with van der Waals surface area (Å²) in [6.45, 7) is 0. The van der Waals surface area contributed by atoms with E-state index in [1.54, 1.807) is 0 Å². The van der Waals surface area contributed by atoms with E-state index in [-0.39, 0.29) is 0 Å².